The van der Waals surface area contributed by atoms with E-state index in [1.807, 2.05) is 0 Å². The number of hydrogen-bond donors (Lipinski definition) is 21. The zero-order valence-electron chi connectivity index (χ0n) is 69.5. The number of phenolic OH excluding ortho intramolecular Hbond substituents is 3. The number of aliphatic carboxylic acids is 1. The lowest BCUT2D eigenvalue weighted by Gasteiger charge is -2.48. The van der Waals surface area contributed by atoms with E-state index in [0.717, 1.165) is 110 Å². The van der Waals surface area contributed by atoms with Crippen molar-refractivity contribution >= 4 is 106 Å². The number of carbonyl (C=O) groups is 11. The SMILES string of the molecule is CN[C@H](CC(C)C)C(=O)N[C@H]1C(=O)N[C@@H](CC(N)=O)C(=O)N[C@H]2C(=O)N[C@H]3C(=O)N[C@H](C(=O)N[C@H](C(=O)O)c4cc(O)cc(O)c4-c4cc3ccc4O)[C@H](O)c3ccc(c(Cl)c3)Oc3cc2cc(c3OCCOC2OC(C(N)=O)[C@@H](OC)C(NC(=O)Nc3ccc(Cl)c(C(F)(F)F)c3)[C@H]2OC2OC(CO)C(O)C(O)C2NC(=O)c2cccc(C(F)(F)F)c2)Oc2ccc(cc2Cl)[C@H]1O. The lowest BCUT2D eigenvalue weighted by molar-refractivity contribution is -0.336. The average Bonchev–Trinajstić information content (AvgIpc) is 0.755. The molecule has 7 aromatic rings. The predicted molar refractivity (Wildman–Crippen MR) is 446 cm³/mol. The van der Waals surface area contributed by atoms with E-state index in [2.05, 4.69) is 53.2 Å². The minimum Gasteiger partial charge on any atom is -0.508 e. The summed E-state index contributed by atoms with van der Waals surface area (Å²) >= 11 is 20.1. The van der Waals surface area contributed by atoms with Crippen LogP contribution in [0.1, 0.15) is 106 Å². The van der Waals surface area contributed by atoms with Gasteiger partial charge in [0.15, 0.2) is 36.2 Å². The summed E-state index contributed by atoms with van der Waals surface area (Å²) in [5, 5.41) is 125. The zero-order valence-corrected chi connectivity index (χ0v) is 71.7. The molecule has 8 unspecified atom stereocenters. The summed E-state index contributed by atoms with van der Waals surface area (Å²) < 4.78 is 135. The first-order valence-electron chi connectivity index (χ1n) is 40.1. The highest BCUT2D eigenvalue weighted by Gasteiger charge is 2.55. The molecule has 0 spiro atoms. The quantitative estimate of drug-likeness (QED) is 0.0339. The largest absolute Gasteiger partial charge is 0.508 e. The van der Waals surface area contributed by atoms with Crippen molar-refractivity contribution in [3.05, 3.63) is 181 Å². The molecule has 7 aliphatic heterocycles. The van der Waals surface area contributed by atoms with Crippen LogP contribution in [0.4, 0.5) is 36.8 Å². The number of phenols is 3. The van der Waals surface area contributed by atoms with Gasteiger partial charge in [-0.3, -0.25) is 43.2 Å². The van der Waals surface area contributed by atoms with Gasteiger partial charge in [0.1, 0.15) is 114 Å². The number of aromatic hydroxyl groups is 3. The zero-order chi connectivity index (χ0) is 97.0. The maximum atomic E-state index is 16.2. The minimum absolute atomic E-state index is 0.136. The standard InChI is InChI=1S/C84H85Cl3F6N12O28/c1-30(2)18-45(96-3)73(117)102-59-63(111)32-9-14-49(43(86)21-32)129-51-23-35-24-52(130-50-15-10-33(22-44(50)87)64(112)60-78(122)101-58(79(123)124)40-26-38(107)27-48(109)55(40)39-20-31(8-13-47(39)108)56(75(119)103-60)100-76(120)57(35)99-74(118)46(28-54(94)110)98-77(59)121)67(51)127-16-17-128-81-69(62(68(126-4)70(133-81)71(95)115)105-82(125)97-37-11-12-42(85)41(25-37)84(91,92)93)132-80-61(66(114)65(113)53(29-106)131-80)104-72(116)34-6-5-7-36(19-34)83(88,89)90/h5-15,19-27,30,45-46,53,56-66,68-70,80-81,96,106-109,111-114H,16-18,28-29H2,1-4H3,(H2,94,110)(H2,95,115)(H,98,121)(H,99,118)(H,100,120)(H,101,122)(H,102,117)(H,103,119)(H,104,116)(H,123,124)(H2,97,105,125)/t45-,46+,53?,56-,57-,58+,59-,60+,61?,62?,63-,64-,65?,66?,68+,69-,70?,80?,81?/m1/s1. The van der Waals surface area contributed by atoms with Crippen molar-refractivity contribution < 1.29 is 163 Å². The van der Waals surface area contributed by atoms with E-state index >= 15 is 14.4 Å². The lowest BCUT2D eigenvalue weighted by atomic mass is 9.89. The highest BCUT2D eigenvalue weighted by Crippen LogP contribution is 2.50. The van der Waals surface area contributed by atoms with Crippen LogP contribution in [0.15, 0.2) is 121 Å². The number of nitrogens with two attached hydrogens (primary N) is 2. The van der Waals surface area contributed by atoms with Crippen LogP contribution in [0.25, 0.3) is 11.1 Å². The van der Waals surface area contributed by atoms with Gasteiger partial charge in [0.25, 0.3) is 5.91 Å². The number of benzene rings is 7. The van der Waals surface area contributed by atoms with Crippen molar-refractivity contribution in [3.63, 3.8) is 0 Å². The molecular formula is C84H85Cl3F6N12O28. The molecule has 133 heavy (non-hydrogen) atoms. The molecule has 40 nitrogen and oxygen atoms in total. The summed E-state index contributed by atoms with van der Waals surface area (Å²) in [7, 11) is 2.35. The molecule has 0 radical (unpaired) electrons. The fourth-order valence-corrected chi connectivity index (χ4v) is 16.0. The Labute approximate surface area is 762 Å². The van der Waals surface area contributed by atoms with Gasteiger partial charge in [-0.25, -0.2) is 9.59 Å². The van der Waals surface area contributed by atoms with Crippen molar-refractivity contribution in [2.75, 3.05) is 39.3 Å². The molecule has 7 aromatic carbocycles. The van der Waals surface area contributed by atoms with E-state index in [0.29, 0.717) is 18.2 Å². The van der Waals surface area contributed by atoms with Crippen LogP contribution in [0.3, 0.4) is 0 Å². The van der Waals surface area contributed by atoms with Crippen LogP contribution in [-0.2, 0) is 79.2 Å². The Hall–Kier alpha value is -12.7. The number of rotatable bonds is 22. The minimum atomic E-state index is -5.12. The number of carbonyl (C=O) groups excluding carboxylic acids is 10. The number of carboxylic acids is 1. The molecule has 19 atom stereocenters. The van der Waals surface area contributed by atoms with Gasteiger partial charge in [0.2, 0.25) is 53.0 Å². The van der Waals surface area contributed by atoms with Crippen molar-refractivity contribution in [1.82, 2.24) is 47.9 Å². The third kappa shape index (κ3) is 22.5. The predicted octanol–water partition coefficient (Wildman–Crippen LogP) is 3.81. The van der Waals surface area contributed by atoms with Crippen molar-refractivity contribution in [3.8, 4) is 57.1 Å². The number of aliphatic hydroxyl groups is 5. The van der Waals surface area contributed by atoms with E-state index in [-0.39, 0.29) is 23.5 Å². The van der Waals surface area contributed by atoms with Crippen LogP contribution in [-0.4, -0.2) is 231 Å². The Bertz CT molecular complexity index is 5680. The summed E-state index contributed by atoms with van der Waals surface area (Å²) in [6, 6.07) is -3.09. The van der Waals surface area contributed by atoms with Gasteiger partial charge in [-0.1, -0.05) is 72.9 Å². The average molecular weight is 1930 g/mol. The molecular weight excluding hydrogens is 1850 g/mol. The molecule has 14 rings (SSSR count). The molecule has 2 saturated heterocycles. The van der Waals surface area contributed by atoms with Gasteiger partial charge >= 0.3 is 24.4 Å². The van der Waals surface area contributed by atoms with E-state index < -0.39 is 331 Å². The topological polar surface area (TPSA) is 616 Å². The molecule has 0 aromatic heterocycles. The number of fused-ring (bicyclic) bond motifs is 15. The lowest BCUT2D eigenvalue weighted by Crippen LogP contribution is -2.71. The Morgan fingerprint density at radius 3 is 1.85 bits per heavy atom. The normalized spacial score (nSPS) is 25.3. The summed E-state index contributed by atoms with van der Waals surface area (Å²) in [5.41, 5.74) is 4.19. The Morgan fingerprint density at radius 2 is 1.25 bits per heavy atom. The Balaban J connectivity index is 1.03. The summed E-state index contributed by atoms with van der Waals surface area (Å²) in [6.45, 7) is 0.408. The van der Waals surface area contributed by atoms with Gasteiger partial charge in [-0.2, -0.15) is 26.3 Å². The fraction of sp³-hybridized carbons (Fsp3) is 0.369. The molecule has 23 N–H and O–H groups in total. The molecule has 712 valence electrons. The van der Waals surface area contributed by atoms with Crippen molar-refractivity contribution in [2.24, 2.45) is 17.4 Å². The van der Waals surface area contributed by atoms with Crippen LogP contribution in [0, 0.1) is 5.92 Å². The first kappa shape index (κ1) is 99.3. The molecule has 11 bridgehead atoms. The molecule has 0 aliphatic carbocycles. The number of ether oxygens (including phenoxy) is 8. The Kier molecular flexibility index (Phi) is 30.8. The smallest absolute Gasteiger partial charge is 0.417 e. The van der Waals surface area contributed by atoms with E-state index in [1.54, 1.807) is 13.8 Å². The van der Waals surface area contributed by atoms with Crippen LogP contribution in [0.5, 0.6) is 46.0 Å². The summed E-state index contributed by atoms with van der Waals surface area (Å²) in [6.07, 6.45) is -33.1. The number of hydrogen-bond acceptors (Lipinski definition) is 28. The number of carboxylic acid groups (broad SMARTS) is 1. The molecule has 7 heterocycles. The molecule has 11 amide bonds. The summed E-state index contributed by atoms with van der Waals surface area (Å²) in [5.74, 6) is -20.1. The number of urea groups is 1. The highest BCUT2D eigenvalue weighted by atomic mass is 35.5. The molecule has 0 saturated carbocycles. The highest BCUT2D eigenvalue weighted by molar-refractivity contribution is 6.32. The number of methoxy groups -OCH3 is 1. The molecule has 7 aliphatic rings. The van der Waals surface area contributed by atoms with Crippen LogP contribution in [0.2, 0.25) is 15.1 Å². The van der Waals surface area contributed by atoms with Crippen molar-refractivity contribution in [1.29, 1.82) is 0 Å². The van der Waals surface area contributed by atoms with Crippen LogP contribution >= 0.6 is 34.8 Å². The Morgan fingerprint density at radius 1 is 0.609 bits per heavy atom. The third-order valence-electron chi connectivity index (χ3n) is 21.8. The first-order chi connectivity index (χ1) is 62.7. The van der Waals surface area contributed by atoms with E-state index in [9.17, 15) is 111 Å². The number of halogens is 9. The third-order valence-corrected chi connectivity index (χ3v) is 22.7. The summed E-state index contributed by atoms with van der Waals surface area (Å²) in [4.78, 5) is 160. The van der Waals surface area contributed by atoms with E-state index in [4.69, 9.17) is 84.2 Å². The number of likely N-dealkylation sites (N-methyl/N-ethyl adjacent to an activating group) is 1. The van der Waals surface area contributed by atoms with Gasteiger partial charge < -0.3 is 148 Å². The van der Waals surface area contributed by atoms with Gasteiger partial charge in [0, 0.05) is 41.1 Å². The number of amides is 11. The second kappa shape index (κ2) is 41.2. The number of anilines is 1. The maximum absolute atomic E-state index is 16.2. The number of nitrogens with one attached hydrogen (secondary N) is 10. The molecule has 2 fully saturated rings. The second-order valence-electron chi connectivity index (χ2n) is 31.3. The van der Waals surface area contributed by atoms with Gasteiger partial charge in [-0.15, -0.1) is 0 Å². The van der Waals surface area contributed by atoms with Crippen molar-refractivity contribution in [2.45, 2.75) is 155 Å². The number of aliphatic hydroxyl groups excluding tert-OH is 5. The molecule has 49 heteroatoms. The fourth-order valence-electron chi connectivity index (χ4n) is 15.3. The number of primary amides is 2. The van der Waals surface area contributed by atoms with Gasteiger partial charge in [-0.05, 0) is 133 Å². The first-order valence-corrected chi connectivity index (χ1v) is 41.2. The maximum Gasteiger partial charge on any atom is 0.417 e. The monoisotopic (exact) mass is 1930 g/mol. The van der Waals surface area contributed by atoms with E-state index in [1.165, 1.54) is 7.05 Å². The van der Waals surface area contributed by atoms with Gasteiger partial charge in [0.05, 0.1) is 57.9 Å². The number of alkyl halides is 6. The second-order valence-corrected chi connectivity index (χ2v) is 32.5. The van der Waals surface area contributed by atoms with Crippen LogP contribution < -0.4 is 78.8 Å².